The molecule has 1 fully saturated rings. The summed E-state index contributed by atoms with van der Waals surface area (Å²) in [6, 6.07) is 9.13. The van der Waals surface area contributed by atoms with Gasteiger partial charge in [-0.1, -0.05) is 6.92 Å². The van der Waals surface area contributed by atoms with Crippen molar-refractivity contribution in [1.82, 2.24) is 15.1 Å². The van der Waals surface area contributed by atoms with Crippen LogP contribution in [0.15, 0.2) is 36.5 Å². The van der Waals surface area contributed by atoms with Crippen molar-refractivity contribution in [3.63, 3.8) is 0 Å². The van der Waals surface area contributed by atoms with Crippen molar-refractivity contribution in [2.75, 3.05) is 5.73 Å². The van der Waals surface area contributed by atoms with E-state index < -0.39 is 0 Å². The maximum absolute atomic E-state index is 12.3. The first-order chi connectivity index (χ1) is 10.1. The lowest BCUT2D eigenvalue weighted by atomic mass is 9.75. The summed E-state index contributed by atoms with van der Waals surface area (Å²) in [5, 5.41) is 7.49. The van der Waals surface area contributed by atoms with Crippen LogP contribution >= 0.6 is 0 Å². The number of hydrogen-bond acceptors (Lipinski definition) is 3. The van der Waals surface area contributed by atoms with Crippen LogP contribution in [0.4, 0.5) is 5.69 Å². The second-order valence-corrected chi connectivity index (χ2v) is 5.68. The lowest BCUT2D eigenvalue weighted by molar-refractivity contribution is 0.0815. The zero-order valence-electron chi connectivity index (χ0n) is 12.2. The molecule has 0 spiro atoms. The summed E-state index contributed by atoms with van der Waals surface area (Å²) < 4.78 is 1.69. The number of anilines is 1. The number of carbonyl (C=O) groups is 1. The monoisotopic (exact) mass is 284 g/mol. The van der Waals surface area contributed by atoms with Crippen molar-refractivity contribution in [1.29, 1.82) is 0 Å². The molecule has 1 aliphatic rings. The number of carbonyl (C=O) groups excluding carboxylic acids is 1. The normalized spacial score (nSPS) is 16.2. The molecule has 5 heteroatoms. The van der Waals surface area contributed by atoms with Crippen LogP contribution in [0, 0.1) is 0 Å². The Bertz CT molecular complexity index is 635. The van der Waals surface area contributed by atoms with E-state index in [9.17, 15) is 4.79 Å². The number of rotatable bonds is 4. The molecule has 1 aromatic heterocycles. The fraction of sp³-hybridized carbons (Fsp3) is 0.375. The lowest BCUT2D eigenvalue weighted by Gasteiger charge is -2.41. The van der Waals surface area contributed by atoms with E-state index in [0.717, 1.165) is 24.9 Å². The fourth-order valence-electron chi connectivity index (χ4n) is 2.69. The molecule has 21 heavy (non-hydrogen) atoms. The molecule has 0 radical (unpaired) electrons. The number of nitrogens with zero attached hydrogens (tertiary/aromatic N) is 2. The summed E-state index contributed by atoms with van der Waals surface area (Å²) >= 11 is 0. The molecule has 0 atom stereocenters. The first-order valence-electron chi connectivity index (χ1n) is 7.36. The second-order valence-electron chi connectivity index (χ2n) is 5.68. The molecule has 110 valence electrons. The number of nitrogen functional groups attached to an aromatic ring is 1. The lowest BCUT2D eigenvalue weighted by Crippen LogP contribution is -2.53. The summed E-state index contributed by atoms with van der Waals surface area (Å²) in [6.45, 7) is 2.12. The van der Waals surface area contributed by atoms with Gasteiger partial charge in [0.25, 0.3) is 5.91 Å². The topological polar surface area (TPSA) is 72.9 Å². The van der Waals surface area contributed by atoms with Gasteiger partial charge in [0.2, 0.25) is 0 Å². The summed E-state index contributed by atoms with van der Waals surface area (Å²) in [4.78, 5) is 12.3. The summed E-state index contributed by atoms with van der Waals surface area (Å²) in [5.41, 5.74) is 7.70. The van der Waals surface area contributed by atoms with Gasteiger partial charge in [0.05, 0.1) is 5.69 Å². The van der Waals surface area contributed by atoms with Crippen molar-refractivity contribution in [3.05, 3.63) is 42.2 Å². The van der Waals surface area contributed by atoms with Gasteiger partial charge in [0, 0.05) is 17.4 Å². The molecule has 0 bridgehead atoms. The molecule has 0 unspecified atom stereocenters. The molecular weight excluding hydrogens is 264 g/mol. The number of amides is 1. The molecule has 1 amide bonds. The van der Waals surface area contributed by atoms with Gasteiger partial charge in [-0.15, -0.1) is 0 Å². The molecular formula is C16H20N4O. The SMILES string of the molecule is CCC1(NC(=O)c2ccn(-c3ccc(N)cc3)n2)CCC1. The Morgan fingerprint density at radius 1 is 1.33 bits per heavy atom. The van der Waals surface area contributed by atoms with Gasteiger partial charge in [-0.05, 0) is 56.0 Å². The van der Waals surface area contributed by atoms with Gasteiger partial charge >= 0.3 is 0 Å². The largest absolute Gasteiger partial charge is 0.399 e. The van der Waals surface area contributed by atoms with E-state index in [0.29, 0.717) is 11.4 Å². The molecule has 0 saturated heterocycles. The standard InChI is InChI=1S/C16H20N4O/c1-2-16(9-3-10-16)18-15(21)14-8-11-20(19-14)13-6-4-12(17)5-7-13/h4-8,11H,2-3,9-10,17H2,1H3,(H,18,21). The minimum Gasteiger partial charge on any atom is -0.399 e. The third-order valence-electron chi connectivity index (χ3n) is 4.35. The molecule has 1 aromatic carbocycles. The smallest absolute Gasteiger partial charge is 0.272 e. The van der Waals surface area contributed by atoms with Crippen molar-refractivity contribution in [2.45, 2.75) is 38.1 Å². The predicted octanol–water partition coefficient (Wildman–Crippen LogP) is 2.52. The number of aromatic nitrogens is 2. The van der Waals surface area contributed by atoms with E-state index in [1.54, 1.807) is 16.9 Å². The van der Waals surface area contributed by atoms with Gasteiger partial charge in [-0.2, -0.15) is 5.10 Å². The Morgan fingerprint density at radius 2 is 2.05 bits per heavy atom. The van der Waals surface area contributed by atoms with Crippen LogP contribution in [0.1, 0.15) is 43.1 Å². The quantitative estimate of drug-likeness (QED) is 0.847. The minimum atomic E-state index is -0.0919. The summed E-state index contributed by atoms with van der Waals surface area (Å²) in [7, 11) is 0. The van der Waals surface area contributed by atoms with Crippen LogP contribution < -0.4 is 11.1 Å². The first kappa shape index (κ1) is 13.7. The van der Waals surface area contributed by atoms with Gasteiger partial charge in [0.1, 0.15) is 0 Å². The minimum absolute atomic E-state index is 0.0118. The zero-order valence-corrected chi connectivity index (χ0v) is 12.2. The van der Waals surface area contributed by atoms with Crippen LogP contribution in [0.3, 0.4) is 0 Å². The number of nitrogens with two attached hydrogens (primary N) is 1. The Balaban J connectivity index is 1.75. The van der Waals surface area contributed by atoms with Crippen LogP contribution in [-0.2, 0) is 0 Å². The maximum Gasteiger partial charge on any atom is 0.272 e. The third-order valence-corrected chi connectivity index (χ3v) is 4.35. The van der Waals surface area contributed by atoms with E-state index in [-0.39, 0.29) is 11.4 Å². The number of hydrogen-bond donors (Lipinski definition) is 2. The average Bonchev–Trinajstić information content (AvgIpc) is 2.93. The van der Waals surface area contributed by atoms with Gasteiger partial charge in [-0.25, -0.2) is 4.68 Å². The highest BCUT2D eigenvalue weighted by molar-refractivity contribution is 5.92. The van der Waals surface area contributed by atoms with Gasteiger partial charge in [-0.3, -0.25) is 4.79 Å². The Kier molecular flexibility index (Phi) is 3.41. The van der Waals surface area contributed by atoms with Crippen LogP contribution in [0.5, 0.6) is 0 Å². The Morgan fingerprint density at radius 3 is 2.62 bits per heavy atom. The highest BCUT2D eigenvalue weighted by Crippen LogP contribution is 2.34. The van der Waals surface area contributed by atoms with E-state index in [4.69, 9.17) is 5.73 Å². The molecule has 3 N–H and O–H groups in total. The predicted molar refractivity (Wildman–Crippen MR) is 82.3 cm³/mol. The molecule has 1 saturated carbocycles. The molecule has 3 rings (SSSR count). The Labute approximate surface area is 124 Å². The summed E-state index contributed by atoms with van der Waals surface area (Å²) in [6.07, 6.45) is 6.08. The highest BCUT2D eigenvalue weighted by atomic mass is 16.2. The van der Waals surface area contributed by atoms with Crippen molar-refractivity contribution in [3.8, 4) is 5.69 Å². The van der Waals surface area contributed by atoms with Crippen molar-refractivity contribution in [2.24, 2.45) is 0 Å². The van der Waals surface area contributed by atoms with Crippen LogP contribution in [0.25, 0.3) is 5.69 Å². The molecule has 0 aliphatic heterocycles. The van der Waals surface area contributed by atoms with Gasteiger partial charge in [0.15, 0.2) is 5.69 Å². The fourth-order valence-corrected chi connectivity index (χ4v) is 2.69. The number of nitrogens with one attached hydrogen (secondary N) is 1. The second kappa shape index (κ2) is 5.24. The third kappa shape index (κ3) is 2.63. The van der Waals surface area contributed by atoms with Crippen LogP contribution in [-0.4, -0.2) is 21.2 Å². The van der Waals surface area contributed by atoms with E-state index in [1.165, 1.54) is 6.42 Å². The van der Waals surface area contributed by atoms with E-state index in [2.05, 4.69) is 17.3 Å². The van der Waals surface area contributed by atoms with Crippen molar-refractivity contribution >= 4 is 11.6 Å². The molecule has 1 aliphatic carbocycles. The zero-order chi connectivity index (χ0) is 14.9. The van der Waals surface area contributed by atoms with E-state index >= 15 is 0 Å². The molecule has 5 nitrogen and oxygen atoms in total. The van der Waals surface area contributed by atoms with E-state index in [1.807, 2.05) is 24.3 Å². The van der Waals surface area contributed by atoms with Crippen LogP contribution in [0.2, 0.25) is 0 Å². The highest BCUT2D eigenvalue weighted by Gasteiger charge is 2.36. The molecule has 1 heterocycles. The summed E-state index contributed by atoms with van der Waals surface area (Å²) in [5.74, 6) is -0.0919. The molecule has 2 aromatic rings. The maximum atomic E-state index is 12.3. The number of benzene rings is 1. The first-order valence-corrected chi connectivity index (χ1v) is 7.36. The average molecular weight is 284 g/mol. The van der Waals surface area contributed by atoms with Gasteiger partial charge < -0.3 is 11.1 Å². The Hall–Kier alpha value is -2.30. The van der Waals surface area contributed by atoms with Crippen molar-refractivity contribution < 1.29 is 4.79 Å².